The standard InChI is InChI=1S/C11H14Cl2N2O2/c1-3-17-10(16)4-5-15(2)11-9(13)6-8(12)7-14-11/h6-7H,3-5H2,1-2H3. The number of aromatic nitrogens is 1. The maximum absolute atomic E-state index is 11.2. The number of rotatable bonds is 5. The van der Waals surface area contributed by atoms with E-state index in [1.54, 1.807) is 24.9 Å². The van der Waals surface area contributed by atoms with E-state index < -0.39 is 0 Å². The molecule has 0 saturated heterocycles. The summed E-state index contributed by atoms with van der Waals surface area (Å²) in [6.45, 7) is 2.66. The fraction of sp³-hybridized carbons (Fsp3) is 0.455. The largest absolute Gasteiger partial charge is 0.466 e. The van der Waals surface area contributed by atoms with E-state index in [-0.39, 0.29) is 5.97 Å². The molecule has 17 heavy (non-hydrogen) atoms. The van der Waals surface area contributed by atoms with Crippen LogP contribution in [0, 0.1) is 0 Å². The smallest absolute Gasteiger partial charge is 0.307 e. The molecule has 94 valence electrons. The third-order valence-electron chi connectivity index (χ3n) is 2.11. The average Bonchev–Trinajstić information content (AvgIpc) is 2.26. The van der Waals surface area contributed by atoms with Crippen LogP contribution in [0.1, 0.15) is 13.3 Å². The van der Waals surface area contributed by atoms with E-state index in [1.165, 1.54) is 6.20 Å². The predicted molar refractivity (Wildman–Crippen MR) is 68.8 cm³/mol. The summed E-state index contributed by atoms with van der Waals surface area (Å²) in [5.74, 6) is 0.366. The zero-order valence-electron chi connectivity index (χ0n) is 9.74. The Morgan fingerprint density at radius 2 is 2.24 bits per heavy atom. The zero-order valence-corrected chi connectivity index (χ0v) is 11.3. The van der Waals surface area contributed by atoms with Gasteiger partial charge in [0.05, 0.1) is 23.1 Å². The van der Waals surface area contributed by atoms with Crippen LogP contribution in [0.3, 0.4) is 0 Å². The van der Waals surface area contributed by atoms with Crippen molar-refractivity contribution in [3.8, 4) is 0 Å². The first-order valence-electron chi connectivity index (χ1n) is 5.22. The SMILES string of the molecule is CCOC(=O)CCN(C)c1ncc(Cl)cc1Cl. The molecule has 0 bridgehead atoms. The average molecular weight is 277 g/mol. The summed E-state index contributed by atoms with van der Waals surface area (Å²) < 4.78 is 4.84. The predicted octanol–water partition coefficient (Wildman–Crippen LogP) is 2.78. The minimum Gasteiger partial charge on any atom is -0.466 e. The number of pyridine rings is 1. The Bertz CT molecular complexity index is 399. The van der Waals surface area contributed by atoms with Gasteiger partial charge in [0.1, 0.15) is 5.82 Å². The molecular formula is C11H14Cl2N2O2. The van der Waals surface area contributed by atoms with Crippen molar-refractivity contribution in [2.45, 2.75) is 13.3 Å². The third-order valence-corrected chi connectivity index (χ3v) is 2.59. The van der Waals surface area contributed by atoms with Crippen molar-refractivity contribution >= 4 is 35.0 Å². The monoisotopic (exact) mass is 276 g/mol. The second kappa shape index (κ2) is 6.67. The van der Waals surface area contributed by atoms with Crippen LogP contribution in [0.2, 0.25) is 10.0 Å². The first kappa shape index (κ1) is 14.1. The van der Waals surface area contributed by atoms with E-state index in [0.717, 1.165) is 0 Å². The van der Waals surface area contributed by atoms with Crippen LogP contribution in [-0.4, -0.2) is 31.2 Å². The van der Waals surface area contributed by atoms with Crippen LogP contribution in [0.4, 0.5) is 5.82 Å². The van der Waals surface area contributed by atoms with Crippen molar-refractivity contribution in [3.05, 3.63) is 22.3 Å². The normalized spacial score (nSPS) is 10.1. The lowest BCUT2D eigenvalue weighted by Crippen LogP contribution is -2.23. The zero-order chi connectivity index (χ0) is 12.8. The van der Waals surface area contributed by atoms with E-state index in [4.69, 9.17) is 27.9 Å². The van der Waals surface area contributed by atoms with E-state index in [9.17, 15) is 4.79 Å². The summed E-state index contributed by atoms with van der Waals surface area (Å²) in [5.41, 5.74) is 0. The fourth-order valence-corrected chi connectivity index (χ4v) is 1.81. The summed E-state index contributed by atoms with van der Waals surface area (Å²) in [6, 6.07) is 1.62. The van der Waals surface area contributed by atoms with Crippen molar-refractivity contribution in [1.29, 1.82) is 0 Å². The Hall–Kier alpha value is -1.000. The molecule has 1 rings (SSSR count). The van der Waals surface area contributed by atoms with Gasteiger partial charge in [0.15, 0.2) is 0 Å². The summed E-state index contributed by atoms with van der Waals surface area (Å²) >= 11 is 11.7. The van der Waals surface area contributed by atoms with Gasteiger partial charge in [0, 0.05) is 19.8 Å². The third kappa shape index (κ3) is 4.40. The molecule has 6 heteroatoms. The molecule has 1 aromatic heterocycles. The summed E-state index contributed by atoms with van der Waals surface area (Å²) in [7, 11) is 1.81. The molecule has 1 aromatic rings. The van der Waals surface area contributed by atoms with Gasteiger partial charge in [0.2, 0.25) is 0 Å². The van der Waals surface area contributed by atoms with Crippen LogP contribution in [0.25, 0.3) is 0 Å². The van der Waals surface area contributed by atoms with Gasteiger partial charge < -0.3 is 9.64 Å². The molecule has 0 aromatic carbocycles. The minimum absolute atomic E-state index is 0.232. The molecule has 0 atom stereocenters. The molecule has 0 unspecified atom stereocenters. The highest BCUT2D eigenvalue weighted by Crippen LogP contribution is 2.25. The molecule has 1 heterocycles. The fourth-order valence-electron chi connectivity index (χ4n) is 1.29. The van der Waals surface area contributed by atoms with Gasteiger partial charge in [-0.15, -0.1) is 0 Å². The number of carbonyl (C=O) groups excluding carboxylic acids is 1. The van der Waals surface area contributed by atoms with Crippen molar-refractivity contribution < 1.29 is 9.53 Å². The molecule has 0 fully saturated rings. The Morgan fingerprint density at radius 3 is 2.82 bits per heavy atom. The highest BCUT2D eigenvalue weighted by molar-refractivity contribution is 6.35. The Kier molecular flexibility index (Phi) is 5.51. The summed E-state index contributed by atoms with van der Waals surface area (Å²) in [6.07, 6.45) is 1.81. The number of nitrogens with zero attached hydrogens (tertiary/aromatic N) is 2. The van der Waals surface area contributed by atoms with Gasteiger partial charge >= 0.3 is 5.97 Å². The first-order valence-corrected chi connectivity index (χ1v) is 5.98. The van der Waals surface area contributed by atoms with Crippen molar-refractivity contribution in [2.75, 3.05) is 25.1 Å². The molecule has 0 aliphatic heterocycles. The second-order valence-electron chi connectivity index (χ2n) is 3.44. The number of carbonyl (C=O) groups is 1. The number of ether oxygens (including phenoxy) is 1. The topological polar surface area (TPSA) is 42.4 Å². The number of anilines is 1. The van der Waals surface area contributed by atoms with Crippen LogP contribution in [-0.2, 0) is 9.53 Å². The maximum Gasteiger partial charge on any atom is 0.307 e. The van der Waals surface area contributed by atoms with Crippen LogP contribution < -0.4 is 4.90 Å². The highest BCUT2D eigenvalue weighted by atomic mass is 35.5. The van der Waals surface area contributed by atoms with Crippen molar-refractivity contribution in [3.63, 3.8) is 0 Å². The van der Waals surface area contributed by atoms with Gasteiger partial charge in [0.25, 0.3) is 0 Å². The number of hydrogen-bond donors (Lipinski definition) is 0. The Labute approximate surface area is 110 Å². The lowest BCUT2D eigenvalue weighted by atomic mass is 10.3. The van der Waals surface area contributed by atoms with E-state index in [2.05, 4.69) is 4.98 Å². The quantitative estimate of drug-likeness (QED) is 0.776. The molecule has 0 saturated carbocycles. The molecule has 0 radical (unpaired) electrons. The number of hydrogen-bond acceptors (Lipinski definition) is 4. The molecule has 0 N–H and O–H groups in total. The van der Waals surface area contributed by atoms with Gasteiger partial charge in [-0.3, -0.25) is 4.79 Å². The summed E-state index contributed by atoms with van der Waals surface area (Å²) in [5, 5.41) is 0.946. The second-order valence-corrected chi connectivity index (χ2v) is 4.28. The van der Waals surface area contributed by atoms with Gasteiger partial charge in [-0.25, -0.2) is 4.98 Å². The molecule has 0 aliphatic carbocycles. The minimum atomic E-state index is -0.232. The van der Waals surface area contributed by atoms with Crippen LogP contribution in [0.5, 0.6) is 0 Å². The van der Waals surface area contributed by atoms with Gasteiger partial charge in [-0.1, -0.05) is 23.2 Å². The lowest BCUT2D eigenvalue weighted by molar-refractivity contribution is -0.142. The highest BCUT2D eigenvalue weighted by Gasteiger charge is 2.10. The van der Waals surface area contributed by atoms with E-state index >= 15 is 0 Å². The molecular weight excluding hydrogens is 263 g/mol. The number of halogens is 2. The van der Waals surface area contributed by atoms with Crippen LogP contribution >= 0.6 is 23.2 Å². The molecule has 0 spiro atoms. The van der Waals surface area contributed by atoms with Gasteiger partial charge in [-0.05, 0) is 13.0 Å². The molecule has 0 amide bonds. The first-order chi connectivity index (χ1) is 8.04. The molecule has 4 nitrogen and oxygen atoms in total. The van der Waals surface area contributed by atoms with Crippen molar-refractivity contribution in [2.24, 2.45) is 0 Å². The van der Waals surface area contributed by atoms with E-state index in [0.29, 0.717) is 35.4 Å². The Balaban J connectivity index is 2.57. The number of esters is 1. The summed E-state index contributed by atoms with van der Waals surface area (Å²) in [4.78, 5) is 17.1. The lowest BCUT2D eigenvalue weighted by Gasteiger charge is -2.18. The maximum atomic E-state index is 11.2. The molecule has 0 aliphatic rings. The van der Waals surface area contributed by atoms with Crippen LogP contribution in [0.15, 0.2) is 12.3 Å². The van der Waals surface area contributed by atoms with Gasteiger partial charge in [-0.2, -0.15) is 0 Å². The van der Waals surface area contributed by atoms with Crippen molar-refractivity contribution in [1.82, 2.24) is 4.98 Å². The Morgan fingerprint density at radius 1 is 1.53 bits per heavy atom. The van der Waals surface area contributed by atoms with E-state index in [1.807, 2.05) is 0 Å².